The Morgan fingerprint density at radius 3 is 2.79 bits per heavy atom. The van der Waals surface area contributed by atoms with Gasteiger partial charge in [0.2, 0.25) is 0 Å². The van der Waals surface area contributed by atoms with Crippen LogP contribution in [0.2, 0.25) is 0 Å². The summed E-state index contributed by atoms with van der Waals surface area (Å²) >= 11 is 0. The summed E-state index contributed by atoms with van der Waals surface area (Å²) in [6, 6.07) is 0. The number of aliphatic carboxylic acids is 1. The molecule has 28 heavy (non-hydrogen) atoms. The van der Waals surface area contributed by atoms with Gasteiger partial charge in [0.25, 0.3) is 0 Å². The van der Waals surface area contributed by atoms with Gasteiger partial charge in [-0.2, -0.15) is 0 Å². The third-order valence-corrected chi connectivity index (χ3v) is 6.12. The molecule has 2 fully saturated rings. The third-order valence-electron chi connectivity index (χ3n) is 6.12. The van der Waals surface area contributed by atoms with Crippen LogP contribution in [0.3, 0.4) is 0 Å². The molecule has 2 rings (SSSR count). The largest absolute Gasteiger partial charge is 0.492 e. The number of fused-ring (bicyclic) bond motifs is 1. The first-order valence-corrected chi connectivity index (χ1v) is 10.4. The average Bonchev–Trinajstić information content (AvgIpc) is 3.09. The molecule has 1 aliphatic carbocycles. The molecular weight excluding hydrogens is 366 g/mol. The zero-order valence-electron chi connectivity index (χ0n) is 17.1. The maximum Gasteiger partial charge on any atom is 0.303 e. The van der Waals surface area contributed by atoms with Crippen LogP contribution in [-0.4, -0.2) is 40.2 Å². The van der Waals surface area contributed by atoms with Gasteiger partial charge >= 0.3 is 5.97 Å². The molecular formula is C22H34F2O4. The standard InChI is InChI=1S/C22H34F2O4/c1-4-5-12-22(3,24)18(25)11-10-15-14(2)13-17-20(15)21(23)16(28-17)8-6-7-9-19(26)27/h8,10-11,14-15,17-18,20-21,25H,4-7,9,12-13H2,1-3H3,(H,26,27)/t14-,15+,17-,18-,20-,21-,22?/m1/s1. The van der Waals surface area contributed by atoms with Gasteiger partial charge < -0.3 is 14.9 Å². The topological polar surface area (TPSA) is 66.8 Å². The minimum atomic E-state index is -1.69. The number of ether oxygens (including phenoxy) is 1. The fraction of sp³-hybridized carbons (Fsp3) is 0.773. The first-order chi connectivity index (χ1) is 13.2. The number of aliphatic hydroxyl groups excluding tert-OH is 1. The first kappa shape index (κ1) is 22.9. The molecule has 1 heterocycles. The van der Waals surface area contributed by atoms with Crippen molar-refractivity contribution in [1.82, 2.24) is 0 Å². The van der Waals surface area contributed by atoms with Crippen molar-refractivity contribution in [2.45, 2.75) is 89.8 Å². The molecule has 2 aliphatic rings. The summed E-state index contributed by atoms with van der Waals surface area (Å²) in [4.78, 5) is 10.6. The van der Waals surface area contributed by atoms with E-state index in [1.54, 1.807) is 12.2 Å². The number of aliphatic hydroxyl groups is 1. The fourth-order valence-corrected chi connectivity index (χ4v) is 4.33. The van der Waals surface area contributed by atoms with E-state index in [1.807, 2.05) is 13.8 Å². The van der Waals surface area contributed by atoms with Crippen molar-refractivity contribution >= 4 is 5.97 Å². The number of alkyl halides is 2. The Balaban J connectivity index is 2.00. The molecule has 1 aliphatic heterocycles. The van der Waals surface area contributed by atoms with Crippen molar-refractivity contribution in [2.24, 2.45) is 17.8 Å². The molecule has 7 atom stereocenters. The average molecular weight is 401 g/mol. The number of rotatable bonds is 10. The summed E-state index contributed by atoms with van der Waals surface area (Å²) in [5.41, 5.74) is -1.69. The maximum atomic E-state index is 15.0. The van der Waals surface area contributed by atoms with Crippen LogP contribution in [0.4, 0.5) is 8.78 Å². The molecule has 0 bridgehead atoms. The van der Waals surface area contributed by atoms with Crippen molar-refractivity contribution < 1.29 is 28.5 Å². The van der Waals surface area contributed by atoms with E-state index in [2.05, 4.69) is 0 Å². The molecule has 0 aromatic heterocycles. The molecule has 1 unspecified atom stereocenters. The van der Waals surface area contributed by atoms with E-state index < -0.39 is 23.9 Å². The maximum absolute atomic E-state index is 15.0. The molecule has 0 aromatic carbocycles. The SMILES string of the molecule is CCCCC(C)(F)[C@H](O)C=C[C@@H]1[C@H]2[C@H](F)C(=CCCCC(=O)O)O[C@@H]2C[C@H]1C. The third kappa shape index (κ3) is 5.56. The van der Waals surface area contributed by atoms with Gasteiger partial charge in [-0.05, 0) is 50.5 Å². The molecule has 6 heteroatoms. The number of halogens is 2. The van der Waals surface area contributed by atoms with Crippen molar-refractivity contribution in [3.8, 4) is 0 Å². The van der Waals surface area contributed by atoms with Gasteiger partial charge in [-0.15, -0.1) is 0 Å². The lowest BCUT2D eigenvalue weighted by Crippen LogP contribution is -2.33. The van der Waals surface area contributed by atoms with E-state index >= 15 is 0 Å². The number of carboxylic acids is 1. The quantitative estimate of drug-likeness (QED) is 0.401. The minimum absolute atomic E-state index is 0.0495. The summed E-state index contributed by atoms with van der Waals surface area (Å²) in [6.07, 6.45) is 5.78. The van der Waals surface area contributed by atoms with Crippen LogP contribution >= 0.6 is 0 Å². The van der Waals surface area contributed by atoms with E-state index in [9.17, 15) is 18.7 Å². The highest BCUT2D eigenvalue weighted by Crippen LogP contribution is 2.49. The van der Waals surface area contributed by atoms with Crippen LogP contribution in [0.25, 0.3) is 0 Å². The van der Waals surface area contributed by atoms with Gasteiger partial charge in [-0.3, -0.25) is 4.79 Å². The highest BCUT2D eigenvalue weighted by atomic mass is 19.1. The number of unbranched alkanes of at least 4 members (excludes halogenated alkanes) is 2. The molecule has 0 radical (unpaired) electrons. The number of carbonyl (C=O) groups is 1. The second-order valence-corrected chi connectivity index (χ2v) is 8.53. The predicted octanol–water partition coefficient (Wildman–Crippen LogP) is 4.97. The van der Waals surface area contributed by atoms with Gasteiger partial charge in [0.1, 0.15) is 23.6 Å². The predicted molar refractivity (Wildman–Crippen MR) is 104 cm³/mol. The summed E-state index contributed by atoms with van der Waals surface area (Å²) in [7, 11) is 0. The molecule has 0 aromatic rings. The van der Waals surface area contributed by atoms with Crippen LogP contribution in [0, 0.1) is 17.8 Å². The molecule has 0 spiro atoms. The second-order valence-electron chi connectivity index (χ2n) is 8.53. The Bertz CT molecular complexity index is 587. The van der Waals surface area contributed by atoms with Crippen LogP contribution in [0.15, 0.2) is 24.0 Å². The zero-order chi connectivity index (χ0) is 20.9. The normalized spacial score (nSPS) is 34.4. The Labute approximate surface area is 166 Å². The van der Waals surface area contributed by atoms with E-state index in [0.29, 0.717) is 37.9 Å². The highest BCUT2D eigenvalue weighted by molar-refractivity contribution is 5.66. The van der Waals surface area contributed by atoms with Gasteiger partial charge in [0.05, 0.1) is 0 Å². The Hall–Kier alpha value is -1.43. The monoisotopic (exact) mass is 400 g/mol. The van der Waals surface area contributed by atoms with Crippen LogP contribution in [0.5, 0.6) is 0 Å². The highest BCUT2D eigenvalue weighted by Gasteiger charge is 2.52. The van der Waals surface area contributed by atoms with Crippen LogP contribution < -0.4 is 0 Å². The molecule has 4 nitrogen and oxygen atoms in total. The molecule has 2 N–H and O–H groups in total. The number of carboxylic acid groups (broad SMARTS) is 1. The molecule has 160 valence electrons. The van der Waals surface area contributed by atoms with Crippen LogP contribution in [-0.2, 0) is 9.53 Å². The Morgan fingerprint density at radius 2 is 2.14 bits per heavy atom. The number of allylic oxidation sites excluding steroid dienone is 3. The first-order valence-electron chi connectivity index (χ1n) is 10.4. The van der Waals surface area contributed by atoms with Gasteiger partial charge in [0.15, 0.2) is 6.17 Å². The summed E-state index contributed by atoms with van der Waals surface area (Å²) in [6.45, 7) is 5.41. The lowest BCUT2D eigenvalue weighted by molar-refractivity contribution is -0.137. The second kappa shape index (κ2) is 9.86. The Morgan fingerprint density at radius 1 is 1.43 bits per heavy atom. The minimum Gasteiger partial charge on any atom is -0.492 e. The zero-order valence-corrected chi connectivity index (χ0v) is 17.1. The summed E-state index contributed by atoms with van der Waals surface area (Å²) < 4.78 is 35.4. The van der Waals surface area contributed by atoms with Crippen molar-refractivity contribution in [1.29, 1.82) is 0 Å². The van der Waals surface area contributed by atoms with Gasteiger partial charge in [0, 0.05) is 12.3 Å². The van der Waals surface area contributed by atoms with E-state index in [-0.39, 0.29) is 30.3 Å². The lowest BCUT2D eigenvalue weighted by Gasteiger charge is -2.25. The molecule has 1 saturated carbocycles. The van der Waals surface area contributed by atoms with Crippen molar-refractivity contribution in [2.75, 3.05) is 0 Å². The van der Waals surface area contributed by atoms with Crippen LogP contribution in [0.1, 0.15) is 65.7 Å². The van der Waals surface area contributed by atoms with E-state index in [0.717, 1.165) is 6.42 Å². The lowest BCUT2D eigenvalue weighted by atomic mass is 9.85. The molecule has 1 saturated heterocycles. The van der Waals surface area contributed by atoms with E-state index in [4.69, 9.17) is 9.84 Å². The number of hydrogen-bond donors (Lipinski definition) is 2. The summed E-state index contributed by atoms with van der Waals surface area (Å²) in [5, 5.41) is 18.9. The van der Waals surface area contributed by atoms with E-state index in [1.165, 1.54) is 13.0 Å². The van der Waals surface area contributed by atoms with Crippen molar-refractivity contribution in [3.05, 3.63) is 24.0 Å². The Kier molecular flexibility index (Phi) is 8.05. The van der Waals surface area contributed by atoms with Crippen molar-refractivity contribution in [3.63, 3.8) is 0 Å². The smallest absolute Gasteiger partial charge is 0.303 e. The molecule has 0 amide bonds. The number of hydrogen-bond acceptors (Lipinski definition) is 3. The summed E-state index contributed by atoms with van der Waals surface area (Å²) in [5.74, 6) is -0.848. The van der Waals surface area contributed by atoms with Gasteiger partial charge in [-0.1, -0.05) is 38.8 Å². The fourth-order valence-electron chi connectivity index (χ4n) is 4.33. The van der Waals surface area contributed by atoms with Gasteiger partial charge in [-0.25, -0.2) is 8.78 Å².